The topological polar surface area (TPSA) is 88.4 Å². The molecule has 0 bridgehead atoms. The van der Waals surface area contributed by atoms with Gasteiger partial charge >= 0.3 is 5.97 Å². The van der Waals surface area contributed by atoms with Gasteiger partial charge in [0.15, 0.2) is 0 Å². The van der Waals surface area contributed by atoms with Gasteiger partial charge in [-0.3, -0.25) is 4.79 Å². The van der Waals surface area contributed by atoms with Crippen molar-refractivity contribution in [3.63, 3.8) is 0 Å². The molecule has 1 amide bonds. The monoisotopic (exact) mass is 254 g/mol. The van der Waals surface area contributed by atoms with Crippen LogP contribution in [0.5, 0.6) is 0 Å². The number of ether oxygens (including phenoxy) is 2. The van der Waals surface area contributed by atoms with E-state index in [1.165, 1.54) is 7.11 Å². The van der Waals surface area contributed by atoms with Gasteiger partial charge in [-0.05, 0) is 6.42 Å². The smallest absolute Gasteiger partial charge is 0.328 e. The van der Waals surface area contributed by atoms with Crippen molar-refractivity contribution in [1.29, 1.82) is 5.26 Å². The number of amides is 1. The van der Waals surface area contributed by atoms with E-state index in [1.807, 2.05) is 6.07 Å². The molecule has 0 unspecified atom stereocenters. The number of nitrogens with zero attached hydrogens (tertiary/aromatic N) is 1. The molecule has 0 aromatic carbocycles. The highest BCUT2D eigenvalue weighted by atomic mass is 16.5. The van der Waals surface area contributed by atoms with Crippen LogP contribution in [0.15, 0.2) is 0 Å². The number of rotatable bonds is 5. The Hall–Kier alpha value is -1.61. The van der Waals surface area contributed by atoms with Crippen LogP contribution in [0, 0.1) is 23.2 Å². The van der Waals surface area contributed by atoms with Gasteiger partial charge in [0.05, 0.1) is 25.7 Å². The Balaban J connectivity index is 2.62. The third-order valence-electron chi connectivity index (χ3n) is 3.04. The molecular formula is C12H18N2O4. The van der Waals surface area contributed by atoms with E-state index in [4.69, 9.17) is 10.00 Å². The van der Waals surface area contributed by atoms with Crippen molar-refractivity contribution in [3.8, 4) is 6.07 Å². The Kier molecular flexibility index (Phi) is 5.59. The zero-order chi connectivity index (χ0) is 13.5. The molecule has 1 rings (SSSR count). The summed E-state index contributed by atoms with van der Waals surface area (Å²) in [5.74, 6) is -1.24. The summed E-state index contributed by atoms with van der Waals surface area (Å²) in [7, 11) is 1.26. The van der Waals surface area contributed by atoms with Gasteiger partial charge in [-0.1, -0.05) is 6.92 Å². The van der Waals surface area contributed by atoms with E-state index in [9.17, 15) is 9.59 Å². The first kappa shape index (κ1) is 14.5. The molecule has 0 spiro atoms. The standard InChI is InChI=1S/C12H18N2O4/c1-8(3-5-13)10(12(16)17-2)14-11(15)9-4-6-18-7-9/h8-10H,3-4,6-7H2,1-2H3,(H,14,15)/t8-,9+,10-/m1/s1. The maximum absolute atomic E-state index is 11.9. The summed E-state index contributed by atoms with van der Waals surface area (Å²) in [5.41, 5.74) is 0. The van der Waals surface area contributed by atoms with Crippen molar-refractivity contribution in [2.75, 3.05) is 20.3 Å². The van der Waals surface area contributed by atoms with Crippen LogP contribution in [-0.4, -0.2) is 38.2 Å². The van der Waals surface area contributed by atoms with Crippen molar-refractivity contribution in [3.05, 3.63) is 0 Å². The minimum atomic E-state index is -0.775. The number of hydrogen-bond acceptors (Lipinski definition) is 5. The molecular weight excluding hydrogens is 236 g/mol. The lowest BCUT2D eigenvalue weighted by Gasteiger charge is -2.22. The van der Waals surface area contributed by atoms with E-state index < -0.39 is 12.0 Å². The second kappa shape index (κ2) is 6.97. The maximum Gasteiger partial charge on any atom is 0.328 e. The van der Waals surface area contributed by atoms with Crippen LogP contribution in [0.25, 0.3) is 0 Å². The highest BCUT2D eigenvalue weighted by Crippen LogP contribution is 2.15. The largest absolute Gasteiger partial charge is 0.467 e. The lowest BCUT2D eigenvalue weighted by Crippen LogP contribution is -2.48. The number of carbonyl (C=O) groups is 2. The van der Waals surface area contributed by atoms with E-state index in [-0.39, 0.29) is 24.2 Å². The summed E-state index contributed by atoms with van der Waals surface area (Å²) in [6.45, 7) is 2.68. The molecule has 0 radical (unpaired) electrons. The normalized spacial score (nSPS) is 21.7. The van der Waals surface area contributed by atoms with Crippen LogP contribution in [-0.2, 0) is 19.1 Å². The van der Waals surface area contributed by atoms with Crippen LogP contribution >= 0.6 is 0 Å². The highest BCUT2D eigenvalue weighted by Gasteiger charge is 2.31. The molecule has 0 aromatic rings. The number of methoxy groups -OCH3 is 1. The van der Waals surface area contributed by atoms with Gasteiger partial charge in [-0.2, -0.15) is 5.26 Å². The Morgan fingerprint density at radius 1 is 1.61 bits per heavy atom. The maximum atomic E-state index is 11.9. The van der Waals surface area contributed by atoms with E-state index >= 15 is 0 Å². The third-order valence-corrected chi connectivity index (χ3v) is 3.04. The van der Waals surface area contributed by atoms with Crippen LogP contribution in [0.2, 0.25) is 0 Å². The van der Waals surface area contributed by atoms with Gasteiger partial charge in [0, 0.05) is 18.9 Å². The van der Waals surface area contributed by atoms with Crippen LogP contribution in [0.4, 0.5) is 0 Å². The minimum Gasteiger partial charge on any atom is -0.467 e. The molecule has 1 fully saturated rings. The number of esters is 1. The van der Waals surface area contributed by atoms with Crippen molar-refractivity contribution in [2.24, 2.45) is 11.8 Å². The Morgan fingerprint density at radius 3 is 2.83 bits per heavy atom. The van der Waals surface area contributed by atoms with Gasteiger partial charge in [-0.25, -0.2) is 4.79 Å². The summed E-state index contributed by atoms with van der Waals surface area (Å²) in [6.07, 6.45) is 0.841. The van der Waals surface area contributed by atoms with Gasteiger partial charge in [-0.15, -0.1) is 0 Å². The average molecular weight is 254 g/mol. The summed E-state index contributed by atoms with van der Waals surface area (Å²) >= 11 is 0. The van der Waals surface area contributed by atoms with Crippen molar-refractivity contribution < 1.29 is 19.1 Å². The molecule has 18 heavy (non-hydrogen) atoms. The zero-order valence-corrected chi connectivity index (χ0v) is 10.6. The fourth-order valence-electron chi connectivity index (χ4n) is 1.83. The molecule has 100 valence electrons. The molecule has 0 aliphatic carbocycles. The van der Waals surface area contributed by atoms with Gasteiger partial charge < -0.3 is 14.8 Å². The average Bonchev–Trinajstić information content (AvgIpc) is 2.88. The second-order valence-corrected chi connectivity index (χ2v) is 4.41. The zero-order valence-electron chi connectivity index (χ0n) is 10.6. The summed E-state index contributed by atoms with van der Waals surface area (Å²) in [6, 6.07) is 1.21. The van der Waals surface area contributed by atoms with Gasteiger partial charge in [0.25, 0.3) is 0 Å². The molecule has 3 atom stereocenters. The minimum absolute atomic E-state index is 0.182. The number of hydrogen-bond donors (Lipinski definition) is 1. The van der Waals surface area contributed by atoms with Crippen molar-refractivity contribution in [1.82, 2.24) is 5.32 Å². The van der Waals surface area contributed by atoms with Crippen molar-refractivity contribution >= 4 is 11.9 Å². The summed E-state index contributed by atoms with van der Waals surface area (Å²) in [4.78, 5) is 23.5. The first-order chi connectivity index (χ1) is 8.60. The van der Waals surface area contributed by atoms with E-state index in [1.54, 1.807) is 6.92 Å². The Labute approximate surface area is 106 Å². The SMILES string of the molecule is COC(=O)[C@H](NC(=O)[C@H]1CCOC1)[C@H](C)CC#N. The first-order valence-corrected chi connectivity index (χ1v) is 5.93. The van der Waals surface area contributed by atoms with Crippen LogP contribution in [0.3, 0.4) is 0 Å². The highest BCUT2D eigenvalue weighted by molar-refractivity contribution is 5.86. The molecule has 1 aliphatic rings. The van der Waals surface area contributed by atoms with E-state index in [2.05, 4.69) is 10.1 Å². The predicted molar refractivity (Wildman–Crippen MR) is 62.3 cm³/mol. The molecule has 1 N–H and O–H groups in total. The molecule has 1 saturated heterocycles. The van der Waals surface area contributed by atoms with E-state index in [0.29, 0.717) is 19.6 Å². The second-order valence-electron chi connectivity index (χ2n) is 4.41. The summed E-state index contributed by atoms with van der Waals surface area (Å²) < 4.78 is 9.77. The first-order valence-electron chi connectivity index (χ1n) is 5.93. The quantitative estimate of drug-likeness (QED) is 0.709. The predicted octanol–water partition coefficient (Wildman–Crippen LogP) is 0.230. The summed E-state index contributed by atoms with van der Waals surface area (Å²) in [5, 5.41) is 11.3. The molecule has 6 heteroatoms. The van der Waals surface area contributed by atoms with Gasteiger partial charge in [0.1, 0.15) is 6.04 Å². The van der Waals surface area contributed by atoms with Crippen molar-refractivity contribution in [2.45, 2.75) is 25.8 Å². The fourth-order valence-corrected chi connectivity index (χ4v) is 1.83. The van der Waals surface area contributed by atoms with Crippen LogP contribution in [0.1, 0.15) is 19.8 Å². The van der Waals surface area contributed by atoms with Crippen LogP contribution < -0.4 is 5.32 Å². The fraction of sp³-hybridized carbons (Fsp3) is 0.750. The number of nitrogens with one attached hydrogen (secondary N) is 1. The molecule has 6 nitrogen and oxygen atoms in total. The molecule has 0 saturated carbocycles. The Morgan fingerprint density at radius 2 is 2.33 bits per heavy atom. The lowest BCUT2D eigenvalue weighted by atomic mass is 9.97. The third kappa shape index (κ3) is 3.70. The number of carbonyl (C=O) groups excluding carboxylic acids is 2. The molecule has 0 aromatic heterocycles. The Bertz CT molecular complexity index is 344. The van der Waals surface area contributed by atoms with E-state index in [0.717, 1.165) is 0 Å². The number of nitriles is 1. The lowest BCUT2D eigenvalue weighted by molar-refractivity contribution is -0.147. The van der Waals surface area contributed by atoms with Gasteiger partial charge in [0.2, 0.25) is 5.91 Å². The molecule has 1 aliphatic heterocycles. The molecule has 1 heterocycles.